The first-order valence-corrected chi connectivity index (χ1v) is 29.2. The number of rotatable bonds is 40. The molecule has 0 spiro atoms. The van der Waals surface area contributed by atoms with Crippen molar-refractivity contribution in [3.05, 3.63) is 42.5 Å². The smallest absolute Gasteiger partial charge is 0.303 e. The monoisotopic (exact) mass is 971 g/mol. The largest absolute Gasteiger partial charge is 0.481 e. The van der Waals surface area contributed by atoms with Gasteiger partial charge in [-0.2, -0.15) is 0 Å². The van der Waals surface area contributed by atoms with Crippen LogP contribution in [0.5, 0.6) is 0 Å². The molecule has 1 amide bonds. The Kier molecular flexibility index (Phi) is 28.8. The first-order chi connectivity index (χ1) is 32.3. The van der Waals surface area contributed by atoms with E-state index >= 15 is 0 Å². The first kappa shape index (κ1) is 57.4. The summed E-state index contributed by atoms with van der Waals surface area (Å²) in [5.74, 6) is -1.01. The molecule has 0 saturated carbocycles. The maximum atomic E-state index is 13.7. The third-order valence-electron chi connectivity index (χ3n) is 12.1. The number of nitrogens with zero attached hydrogens (tertiary/aromatic N) is 5. The fourth-order valence-electron chi connectivity index (χ4n) is 8.14. The highest BCUT2D eigenvalue weighted by molar-refractivity contribution is 7.90. The van der Waals surface area contributed by atoms with Crippen molar-refractivity contribution >= 4 is 31.6 Å². The molecule has 16 heteroatoms. The van der Waals surface area contributed by atoms with E-state index in [2.05, 4.69) is 37.2 Å². The van der Waals surface area contributed by atoms with Gasteiger partial charge in [0.05, 0.1) is 17.5 Å². The number of aromatic nitrogens is 5. The summed E-state index contributed by atoms with van der Waals surface area (Å²) in [4.78, 5) is 44.9. The van der Waals surface area contributed by atoms with Crippen LogP contribution in [-0.2, 0) is 29.2 Å². The number of hydrogen-bond acceptors (Lipinski definition) is 12. The normalized spacial score (nSPS) is 12.3. The van der Waals surface area contributed by atoms with Crippen LogP contribution in [0.25, 0.3) is 22.5 Å². The molecule has 0 fully saturated rings. The predicted octanol–water partition coefficient (Wildman–Crippen LogP) is 11.7. The molecule has 0 aromatic carbocycles. The van der Waals surface area contributed by atoms with Crippen LogP contribution in [0.3, 0.4) is 0 Å². The molecule has 0 aliphatic carbocycles. The number of carboxylic acid groups (broad SMARTS) is 1. The Balaban J connectivity index is 1.40. The number of ether oxygens (including phenoxy) is 1. The van der Waals surface area contributed by atoms with Crippen LogP contribution >= 0.6 is 0 Å². The van der Waals surface area contributed by atoms with Gasteiger partial charge in [0.1, 0.15) is 0 Å². The minimum atomic E-state index is -3.63. The van der Waals surface area contributed by atoms with Crippen molar-refractivity contribution in [2.75, 3.05) is 25.7 Å². The summed E-state index contributed by atoms with van der Waals surface area (Å²) >= 11 is 0. The first-order valence-electron chi connectivity index (χ1n) is 25.5. The Morgan fingerprint density at radius 2 is 0.925 bits per heavy atom. The lowest BCUT2D eigenvalue weighted by Gasteiger charge is -2.19. The zero-order valence-corrected chi connectivity index (χ0v) is 42.7. The molecule has 14 nitrogen and oxygen atoms in total. The predicted molar refractivity (Wildman–Crippen MR) is 266 cm³/mol. The van der Waals surface area contributed by atoms with Crippen molar-refractivity contribution in [2.24, 2.45) is 0 Å². The van der Waals surface area contributed by atoms with E-state index in [1.807, 2.05) is 0 Å². The summed E-state index contributed by atoms with van der Waals surface area (Å²) in [6.07, 6.45) is 42.9. The molecule has 1 unspecified atom stereocenters. The van der Waals surface area contributed by atoms with Gasteiger partial charge in [0, 0.05) is 73.6 Å². The van der Waals surface area contributed by atoms with Crippen LogP contribution in [0.2, 0.25) is 0 Å². The van der Waals surface area contributed by atoms with Gasteiger partial charge in [-0.1, -0.05) is 167 Å². The summed E-state index contributed by atoms with van der Waals surface area (Å²) in [5.41, 5.74) is 1.69. The summed E-state index contributed by atoms with van der Waals surface area (Å²) in [6.45, 7) is 3.34. The van der Waals surface area contributed by atoms with Gasteiger partial charge in [-0.25, -0.2) is 41.8 Å². The van der Waals surface area contributed by atoms with Crippen molar-refractivity contribution in [3.8, 4) is 22.5 Å². The Morgan fingerprint density at radius 3 is 1.31 bits per heavy atom. The average molecular weight is 971 g/mol. The minimum absolute atomic E-state index is 0.0368. The van der Waals surface area contributed by atoms with Crippen LogP contribution < -0.4 is 5.32 Å². The van der Waals surface area contributed by atoms with Gasteiger partial charge in [-0.3, -0.25) is 9.59 Å². The van der Waals surface area contributed by atoms with E-state index in [1.54, 1.807) is 12.1 Å². The molecular formula is C51H82N6O8S2. The summed E-state index contributed by atoms with van der Waals surface area (Å²) < 4.78 is 54.4. The molecule has 3 aromatic rings. The molecule has 3 rings (SSSR count). The molecule has 3 heterocycles. The molecule has 2 N–H and O–H groups in total. The molecule has 0 saturated heterocycles. The van der Waals surface area contributed by atoms with Crippen molar-refractivity contribution in [3.63, 3.8) is 0 Å². The Bertz CT molecular complexity index is 1960. The Hall–Kier alpha value is -3.89. The van der Waals surface area contributed by atoms with E-state index in [1.165, 1.54) is 166 Å². The quantitative estimate of drug-likeness (QED) is 0.0402. The third kappa shape index (κ3) is 25.9. The van der Waals surface area contributed by atoms with Gasteiger partial charge in [-0.05, 0) is 37.8 Å². The van der Waals surface area contributed by atoms with E-state index in [0.717, 1.165) is 51.0 Å². The van der Waals surface area contributed by atoms with Crippen LogP contribution in [0.1, 0.15) is 210 Å². The van der Waals surface area contributed by atoms with Crippen molar-refractivity contribution in [2.45, 2.75) is 216 Å². The number of sulfone groups is 2. The SMILES string of the molecule is CCCCCCCCOC(CCCCCCCCCCCCCCCCCCCCCCCC(=O)O)CCNC(=O)c1cc(-c2cnc(S(C)(=O)=O)nc2)nc(-c2cnc(S(C)(=O)=O)nc2)c1. The molecule has 0 aliphatic rings. The third-order valence-corrected chi connectivity index (χ3v) is 13.9. The van der Waals surface area contributed by atoms with E-state index in [9.17, 15) is 26.4 Å². The number of carbonyl (C=O) groups is 2. The fourth-order valence-corrected chi connectivity index (χ4v) is 9.11. The minimum Gasteiger partial charge on any atom is -0.481 e. The molecule has 0 radical (unpaired) electrons. The number of unbranched alkanes of at least 4 members (excludes halogenated alkanes) is 25. The van der Waals surface area contributed by atoms with Crippen molar-refractivity contribution in [1.82, 2.24) is 30.2 Å². The number of carboxylic acids is 1. The second-order valence-corrected chi connectivity index (χ2v) is 22.2. The molecule has 3 aromatic heterocycles. The second-order valence-electron chi connectivity index (χ2n) is 18.3. The maximum Gasteiger partial charge on any atom is 0.303 e. The van der Waals surface area contributed by atoms with E-state index < -0.39 is 25.6 Å². The number of amides is 1. The van der Waals surface area contributed by atoms with Gasteiger partial charge >= 0.3 is 5.97 Å². The number of aliphatic carboxylic acids is 1. The van der Waals surface area contributed by atoms with Crippen LogP contribution in [-0.4, -0.2) is 90.5 Å². The van der Waals surface area contributed by atoms with Crippen LogP contribution in [0.15, 0.2) is 47.2 Å². The molecule has 67 heavy (non-hydrogen) atoms. The summed E-state index contributed by atoms with van der Waals surface area (Å²) in [7, 11) is -7.27. The number of hydrogen-bond donors (Lipinski definition) is 2. The summed E-state index contributed by atoms with van der Waals surface area (Å²) in [5, 5.41) is 11.1. The highest BCUT2D eigenvalue weighted by Crippen LogP contribution is 2.25. The van der Waals surface area contributed by atoms with E-state index in [0.29, 0.717) is 48.5 Å². The molecule has 0 bridgehead atoms. The number of pyridine rings is 1. The number of carbonyl (C=O) groups excluding carboxylic acids is 1. The average Bonchev–Trinajstić information content (AvgIpc) is 3.30. The van der Waals surface area contributed by atoms with Crippen LogP contribution in [0, 0.1) is 0 Å². The number of nitrogens with one attached hydrogen (secondary N) is 1. The fraction of sp³-hybridized carbons (Fsp3) is 0.706. The highest BCUT2D eigenvalue weighted by Gasteiger charge is 2.18. The van der Waals surface area contributed by atoms with Crippen LogP contribution in [0.4, 0.5) is 0 Å². The van der Waals surface area contributed by atoms with Gasteiger partial charge in [0.15, 0.2) is 0 Å². The Morgan fingerprint density at radius 1 is 0.552 bits per heavy atom. The molecule has 1 atom stereocenters. The second kappa shape index (κ2) is 33.6. The highest BCUT2D eigenvalue weighted by atomic mass is 32.2. The molecule has 0 aliphatic heterocycles. The van der Waals surface area contributed by atoms with E-state index in [-0.39, 0.29) is 27.9 Å². The lowest BCUT2D eigenvalue weighted by molar-refractivity contribution is -0.137. The van der Waals surface area contributed by atoms with Crippen molar-refractivity contribution < 1.29 is 36.3 Å². The standard InChI is InChI=1S/C51H82N6O8S2/c1-4-5-6-7-27-30-35-65-45(31-28-25-23-21-19-17-15-13-11-9-8-10-12-14-16-18-20-22-24-26-29-32-48(58)59)33-34-52-49(60)42-36-46(43-38-53-50(54-39-43)66(2,61)62)57-47(37-42)44-40-55-51(56-41-44)67(3,63)64/h36-41,45H,4-35H2,1-3H3,(H,52,60)(H,58,59). The zero-order valence-electron chi connectivity index (χ0n) is 41.0. The lowest BCUT2D eigenvalue weighted by Crippen LogP contribution is -2.28. The van der Waals surface area contributed by atoms with Gasteiger partial charge < -0.3 is 15.2 Å². The summed E-state index contributed by atoms with van der Waals surface area (Å²) in [6, 6.07) is 3.17. The van der Waals surface area contributed by atoms with Gasteiger partial charge in [0.2, 0.25) is 30.0 Å². The van der Waals surface area contributed by atoms with Gasteiger partial charge in [-0.15, -0.1) is 0 Å². The van der Waals surface area contributed by atoms with E-state index in [4.69, 9.17) is 9.84 Å². The molecule has 376 valence electrons. The lowest BCUT2D eigenvalue weighted by atomic mass is 10.0. The topological polar surface area (TPSA) is 208 Å². The Labute approximate surface area is 403 Å². The maximum absolute atomic E-state index is 13.7. The van der Waals surface area contributed by atoms with Gasteiger partial charge in [0.25, 0.3) is 5.91 Å². The zero-order chi connectivity index (χ0) is 48.6. The van der Waals surface area contributed by atoms with Crippen molar-refractivity contribution in [1.29, 1.82) is 0 Å². The molecular weight excluding hydrogens is 889 g/mol.